The standard InChI is InChI=1S/C13H21NO3/c1-2-3-4-10(15)14-12-9-6-5-8(7-9)11(12)13(16)17/h8-9,11-12H,2-7H2,1H3,(H,14,15)(H,16,17). The zero-order valence-corrected chi connectivity index (χ0v) is 10.3. The number of hydrogen-bond acceptors (Lipinski definition) is 2. The molecule has 4 atom stereocenters. The number of carboxylic acids is 1. The number of aliphatic carboxylic acids is 1. The van der Waals surface area contributed by atoms with Crippen LogP contribution in [0.5, 0.6) is 0 Å². The molecule has 4 nitrogen and oxygen atoms in total. The first-order valence-corrected chi connectivity index (χ1v) is 6.65. The molecule has 0 aromatic heterocycles. The van der Waals surface area contributed by atoms with Crippen molar-refractivity contribution in [1.82, 2.24) is 5.32 Å². The van der Waals surface area contributed by atoms with Crippen molar-refractivity contribution < 1.29 is 14.7 Å². The summed E-state index contributed by atoms with van der Waals surface area (Å²) in [5, 5.41) is 12.2. The summed E-state index contributed by atoms with van der Waals surface area (Å²) < 4.78 is 0. The minimum atomic E-state index is -0.738. The van der Waals surface area contributed by atoms with Crippen LogP contribution in [0, 0.1) is 17.8 Å². The van der Waals surface area contributed by atoms with E-state index in [0.717, 1.165) is 32.1 Å². The number of rotatable bonds is 5. The maximum atomic E-state index is 11.7. The van der Waals surface area contributed by atoms with E-state index in [9.17, 15) is 14.7 Å². The predicted molar refractivity (Wildman–Crippen MR) is 63.4 cm³/mol. The van der Waals surface area contributed by atoms with E-state index in [2.05, 4.69) is 5.32 Å². The van der Waals surface area contributed by atoms with Crippen LogP contribution in [0.4, 0.5) is 0 Å². The molecule has 2 fully saturated rings. The van der Waals surface area contributed by atoms with Gasteiger partial charge in [0.05, 0.1) is 5.92 Å². The molecule has 4 unspecified atom stereocenters. The van der Waals surface area contributed by atoms with Gasteiger partial charge in [-0.1, -0.05) is 13.3 Å². The number of carbonyl (C=O) groups is 2. The van der Waals surface area contributed by atoms with Gasteiger partial charge in [0.2, 0.25) is 5.91 Å². The van der Waals surface area contributed by atoms with E-state index < -0.39 is 5.97 Å². The normalized spacial score (nSPS) is 34.9. The highest BCUT2D eigenvalue weighted by Crippen LogP contribution is 2.48. The smallest absolute Gasteiger partial charge is 0.308 e. The summed E-state index contributed by atoms with van der Waals surface area (Å²) in [7, 11) is 0. The maximum absolute atomic E-state index is 11.7. The number of hydrogen-bond donors (Lipinski definition) is 2. The Hall–Kier alpha value is -1.06. The Morgan fingerprint density at radius 3 is 2.65 bits per heavy atom. The lowest BCUT2D eigenvalue weighted by Crippen LogP contribution is -2.46. The minimum Gasteiger partial charge on any atom is -0.481 e. The van der Waals surface area contributed by atoms with Crippen LogP contribution in [0.25, 0.3) is 0 Å². The molecule has 0 aromatic rings. The fraction of sp³-hybridized carbons (Fsp3) is 0.846. The van der Waals surface area contributed by atoms with E-state index in [1.54, 1.807) is 0 Å². The van der Waals surface area contributed by atoms with Crippen LogP contribution in [-0.4, -0.2) is 23.0 Å². The predicted octanol–water partition coefficient (Wildman–Crippen LogP) is 1.79. The van der Waals surface area contributed by atoms with Gasteiger partial charge in [0.15, 0.2) is 0 Å². The molecular weight excluding hydrogens is 218 g/mol. The van der Waals surface area contributed by atoms with E-state index in [4.69, 9.17) is 0 Å². The first-order valence-electron chi connectivity index (χ1n) is 6.65. The SMILES string of the molecule is CCCCC(=O)NC1C2CCC(C2)C1C(=O)O. The van der Waals surface area contributed by atoms with Gasteiger partial charge in [0, 0.05) is 12.5 Å². The molecule has 0 radical (unpaired) electrons. The van der Waals surface area contributed by atoms with E-state index in [1.807, 2.05) is 6.92 Å². The topological polar surface area (TPSA) is 66.4 Å². The lowest BCUT2D eigenvalue weighted by atomic mass is 9.84. The van der Waals surface area contributed by atoms with Crippen molar-refractivity contribution in [2.24, 2.45) is 17.8 Å². The van der Waals surface area contributed by atoms with E-state index in [-0.39, 0.29) is 23.8 Å². The van der Waals surface area contributed by atoms with Gasteiger partial charge < -0.3 is 10.4 Å². The number of carbonyl (C=O) groups excluding carboxylic acids is 1. The fourth-order valence-corrected chi connectivity index (χ4v) is 3.45. The zero-order chi connectivity index (χ0) is 12.4. The van der Waals surface area contributed by atoms with E-state index >= 15 is 0 Å². The van der Waals surface area contributed by atoms with Crippen molar-refractivity contribution in [2.45, 2.75) is 51.5 Å². The van der Waals surface area contributed by atoms with Gasteiger partial charge in [0.1, 0.15) is 0 Å². The zero-order valence-electron chi connectivity index (χ0n) is 10.3. The number of nitrogens with one attached hydrogen (secondary N) is 1. The second kappa shape index (κ2) is 5.07. The third-order valence-corrected chi connectivity index (χ3v) is 4.29. The highest BCUT2D eigenvalue weighted by Gasteiger charge is 2.51. The molecule has 2 saturated carbocycles. The van der Waals surface area contributed by atoms with Crippen LogP contribution in [0.1, 0.15) is 45.4 Å². The molecule has 0 spiro atoms. The van der Waals surface area contributed by atoms with Crippen molar-refractivity contribution in [3.05, 3.63) is 0 Å². The largest absolute Gasteiger partial charge is 0.481 e. The van der Waals surface area contributed by atoms with E-state index in [0.29, 0.717) is 12.3 Å². The molecule has 17 heavy (non-hydrogen) atoms. The Morgan fingerprint density at radius 1 is 1.29 bits per heavy atom. The molecule has 2 aliphatic carbocycles. The van der Waals surface area contributed by atoms with Crippen LogP contribution in [0.2, 0.25) is 0 Å². The summed E-state index contributed by atoms with van der Waals surface area (Å²) in [5.41, 5.74) is 0. The Bertz CT molecular complexity index is 316. The van der Waals surface area contributed by atoms with Crippen molar-refractivity contribution in [3.63, 3.8) is 0 Å². The molecule has 1 amide bonds. The van der Waals surface area contributed by atoms with Gasteiger partial charge in [-0.05, 0) is 37.5 Å². The fourth-order valence-electron chi connectivity index (χ4n) is 3.45. The van der Waals surface area contributed by atoms with E-state index in [1.165, 1.54) is 0 Å². The summed E-state index contributed by atoms with van der Waals surface area (Å²) >= 11 is 0. The van der Waals surface area contributed by atoms with Gasteiger partial charge >= 0.3 is 5.97 Å². The first-order chi connectivity index (χ1) is 8.13. The lowest BCUT2D eigenvalue weighted by Gasteiger charge is -2.28. The minimum absolute atomic E-state index is 0.0237. The van der Waals surface area contributed by atoms with Crippen molar-refractivity contribution >= 4 is 11.9 Å². The van der Waals surface area contributed by atoms with Crippen LogP contribution < -0.4 is 5.32 Å². The molecular formula is C13H21NO3. The summed E-state index contributed by atoms with van der Waals surface area (Å²) in [5.74, 6) is -0.381. The number of carboxylic acid groups (broad SMARTS) is 1. The average molecular weight is 239 g/mol. The number of fused-ring (bicyclic) bond motifs is 2. The number of amides is 1. The Kier molecular flexibility index (Phi) is 3.69. The van der Waals surface area contributed by atoms with Crippen LogP contribution in [0.3, 0.4) is 0 Å². The Labute approximate surface area is 102 Å². The molecule has 0 saturated heterocycles. The molecule has 0 heterocycles. The van der Waals surface area contributed by atoms with Gasteiger partial charge in [-0.15, -0.1) is 0 Å². The highest BCUT2D eigenvalue weighted by molar-refractivity contribution is 5.78. The van der Waals surface area contributed by atoms with Crippen LogP contribution in [-0.2, 0) is 9.59 Å². The molecule has 2 rings (SSSR count). The first kappa shape index (κ1) is 12.4. The molecule has 0 aromatic carbocycles. The molecule has 2 aliphatic rings. The summed E-state index contributed by atoms with van der Waals surface area (Å²) in [6.45, 7) is 2.05. The maximum Gasteiger partial charge on any atom is 0.308 e. The van der Waals surface area contributed by atoms with Gasteiger partial charge in [-0.25, -0.2) is 0 Å². The summed E-state index contributed by atoms with van der Waals surface area (Å²) in [6.07, 6.45) is 5.47. The summed E-state index contributed by atoms with van der Waals surface area (Å²) in [6, 6.07) is -0.115. The molecule has 4 heteroatoms. The number of unbranched alkanes of at least 4 members (excludes halogenated alkanes) is 1. The molecule has 2 bridgehead atoms. The second-order valence-corrected chi connectivity index (χ2v) is 5.39. The van der Waals surface area contributed by atoms with Gasteiger partial charge in [-0.2, -0.15) is 0 Å². The van der Waals surface area contributed by atoms with Crippen molar-refractivity contribution in [3.8, 4) is 0 Å². The second-order valence-electron chi connectivity index (χ2n) is 5.39. The van der Waals surface area contributed by atoms with Gasteiger partial charge in [0.25, 0.3) is 0 Å². The quantitative estimate of drug-likeness (QED) is 0.768. The average Bonchev–Trinajstić information content (AvgIpc) is 2.86. The monoisotopic (exact) mass is 239 g/mol. The Morgan fingerprint density at radius 2 is 2.00 bits per heavy atom. The van der Waals surface area contributed by atoms with Crippen molar-refractivity contribution in [2.75, 3.05) is 0 Å². The molecule has 2 N–H and O–H groups in total. The lowest BCUT2D eigenvalue weighted by molar-refractivity contribution is -0.144. The summed E-state index contributed by atoms with van der Waals surface area (Å²) in [4.78, 5) is 22.9. The third-order valence-electron chi connectivity index (χ3n) is 4.29. The highest BCUT2D eigenvalue weighted by atomic mass is 16.4. The van der Waals surface area contributed by atoms with Gasteiger partial charge in [-0.3, -0.25) is 9.59 Å². The van der Waals surface area contributed by atoms with Crippen LogP contribution >= 0.6 is 0 Å². The van der Waals surface area contributed by atoms with Crippen LogP contribution in [0.15, 0.2) is 0 Å². The molecule has 0 aliphatic heterocycles. The van der Waals surface area contributed by atoms with Crippen molar-refractivity contribution in [1.29, 1.82) is 0 Å². The molecule has 96 valence electrons. The third kappa shape index (κ3) is 2.45. The Balaban J connectivity index is 1.94.